The first kappa shape index (κ1) is 24.5. The summed E-state index contributed by atoms with van der Waals surface area (Å²) in [6.45, 7) is 1.90. The number of nitrogens with one attached hydrogen (secondary N) is 1. The van der Waals surface area contributed by atoms with Crippen molar-refractivity contribution in [2.45, 2.75) is 19.3 Å². The summed E-state index contributed by atoms with van der Waals surface area (Å²) >= 11 is 5.47. The minimum absolute atomic E-state index is 0.213. The zero-order valence-corrected chi connectivity index (χ0v) is 21.0. The quantitative estimate of drug-likeness (QED) is 0.374. The van der Waals surface area contributed by atoms with Gasteiger partial charge in [-0.2, -0.15) is 0 Å². The second-order valence-corrected chi connectivity index (χ2v) is 9.09. The number of anilines is 1. The van der Waals surface area contributed by atoms with Gasteiger partial charge >= 0.3 is 0 Å². The number of thiocarbonyl (C=S) groups is 1. The van der Waals surface area contributed by atoms with Gasteiger partial charge < -0.3 is 15.0 Å². The van der Waals surface area contributed by atoms with Gasteiger partial charge in [0.1, 0.15) is 29.0 Å². The third kappa shape index (κ3) is 5.64. The van der Waals surface area contributed by atoms with Gasteiger partial charge in [-0.3, -0.25) is 14.3 Å². The molecule has 1 fully saturated rings. The number of hydrogen-bond donors (Lipinski definition) is 1. The maximum absolute atomic E-state index is 14.0. The molecule has 5 rings (SSSR count). The van der Waals surface area contributed by atoms with Crippen LogP contribution in [0.3, 0.4) is 0 Å². The first-order valence-electron chi connectivity index (χ1n) is 11.9. The van der Waals surface area contributed by atoms with Crippen LogP contribution in [0.25, 0.3) is 11.3 Å². The molecular weight excluding hydrogens is 491 g/mol. The summed E-state index contributed by atoms with van der Waals surface area (Å²) in [7, 11) is 1.62. The average molecular weight is 517 g/mol. The average Bonchev–Trinajstić information content (AvgIpc) is 3.45. The van der Waals surface area contributed by atoms with E-state index in [0.29, 0.717) is 45.1 Å². The number of halogens is 1. The van der Waals surface area contributed by atoms with E-state index in [-0.39, 0.29) is 17.8 Å². The Morgan fingerprint density at radius 2 is 1.86 bits per heavy atom. The number of likely N-dealkylation sites (tertiary alicyclic amines) is 1. The van der Waals surface area contributed by atoms with Crippen molar-refractivity contribution in [3.63, 3.8) is 0 Å². The Hall–Kier alpha value is -4.18. The smallest absolute Gasteiger partial charge is 0.262 e. The Bertz CT molecular complexity index is 1490. The summed E-state index contributed by atoms with van der Waals surface area (Å²) < 4.78 is 21.4. The zero-order chi connectivity index (χ0) is 25.8. The van der Waals surface area contributed by atoms with E-state index in [1.807, 2.05) is 0 Å². The summed E-state index contributed by atoms with van der Waals surface area (Å²) in [5, 5.41) is 3.82. The van der Waals surface area contributed by atoms with Crippen LogP contribution in [-0.2, 0) is 13.5 Å². The molecule has 1 N–H and O–H groups in total. The zero-order valence-electron chi connectivity index (χ0n) is 20.2. The van der Waals surface area contributed by atoms with Gasteiger partial charge in [-0.25, -0.2) is 14.4 Å². The van der Waals surface area contributed by atoms with Crippen LogP contribution in [0, 0.1) is 5.82 Å². The van der Waals surface area contributed by atoms with E-state index in [0.717, 1.165) is 25.9 Å². The highest BCUT2D eigenvalue weighted by molar-refractivity contribution is 7.80. The van der Waals surface area contributed by atoms with Gasteiger partial charge in [0.2, 0.25) is 0 Å². The third-order valence-corrected chi connectivity index (χ3v) is 6.54. The van der Waals surface area contributed by atoms with Gasteiger partial charge in [-0.15, -0.1) is 0 Å². The number of benzene rings is 1. The number of rotatable bonds is 6. The van der Waals surface area contributed by atoms with Crippen molar-refractivity contribution >= 4 is 23.1 Å². The largest absolute Gasteiger partial charge is 0.456 e. The van der Waals surface area contributed by atoms with Gasteiger partial charge in [0.05, 0.1) is 17.5 Å². The number of nitrogens with zero attached hydrogens (tertiary/aromatic N) is 5. The normalized spacial score (nSPS) is 13.0. The maximum Gasteiger partial charge on any atom is 0.262 e. The van der Waals surface area contributed by atoms with Crippen LogP contribution < -0.4 is 15.6 Å². The van der Waals surface area contributed by atoms with Crippen LogP contribution in [0.15, 0.2) is 71.9 Å². The Labute approximate surface area is 218 Å². The van der Waals surface area contributed by atoms with E-state index in [1.165, 1.54) is 16.8 Å². The molecule has 3 aromatic heterocycles. The lowest BCUT2D eigenvalue weighted by Crippen LogP contribution is -2.32. The molecule has 10 heteroatoms. The molecule has 0 spiro atoms. The molecule has 0 aliphatic carbocycles. The van der Waals surface area contributed by atoms with Crippen molar-refractivity contribution in [2.24, 2.45) is 7.05 Å². The minimum atomic E-state index is -0.329. The second-order valence-electron chi connectivity index (χ2n) is 8.70. The standard InChI is InChI=1S/C27H25FN6O2S/c1-33-25(14-18-6-2-3-7-22(18)28)31-17-21(26(33)35)23-9-8-20(16-30-23)36-19-10-11-29-24(15-19)32-27(37)34-12-4-5-13-34/h2-3,6-11,15-17H,4-5,12-14H2,1H3,(H,29,32,37). The highest BCUT2D eigenvalue weighted by atomic mass is 32.1. The minimum Gasteiger partial charge on any atom is -0.456 e. The summed E-state index contributed by atoms with van der Waals surface area (Å²) in [5.41, 5.74) is 1.02. The fraction of sp³-hybridized carbons (Fsp3) is 0.222. The van der Waals surface area contributed by atoms with Crippen LogP contribution in [0.2, 0.25) is 0 Å². The highest BCUT2D eigenvalue weighted by Gasteiger charge is 2.16. The summed E-state index contributed by atoms with van der Waals surface area (Å²) in [6, 6.07) is 13.4. The molecule has 0 bridgehead atoms. The molecule has 1 aliphatic heterocycles. The molecule has 188 valence electrons. The fourth-order valence-corrected chi connectivity index (χ4v) is 4.41. The van der Waals surface area contributed by atoms with Crippen molar-refractivity contribution in [3.8, 4) is 22.8 Å². The van der Waals surface area contributed by atoms with Gasteiger partial charge in [0.15, 0.2) is 5.11 Å². The molecule has 8 nitrogen and oxygen atoms in total. The Morgan fingerprint density at radius 1 is 1.05 bits per heavy atom. The van der Waals surface area contributed by atoms with E-state index >= 15 is 0 Å². The van der Waals surface area contributed by atoms with Gasteiger partial charge in [-0.05, 0) is 54.9 Å². The lowest BCUT2D eigenvalue weighted by Gasteiger charge is -2.19. The van der Waals surface area contributed by atoms with Crippen LogP contribution >= 0.6 is 12.2 Å². The van der Waals surface area contributed by atoms with Crippen molar-refractivity contribution in [3.05, 3.63) is 94.7 Å². The van der Waals surface area contributed by atoms with E-state index in [1.54, 1.807) is 61.9 Å². The number of pyridine rings is 2. The van der Waals surface area contributed by atoms with Crippen molar-refractivity contribution in [1.29, 1.82) is 0 Å². The first-order chi connectivity index (χ1) is 18.0. The van der Waals surface area contributed by atoms with Crippen molar-refractivity contribution in [1.82, 2.24) is 24.4 Å². The SMILES string of the molecule is Cn1c(Cc2ccccc2F)ncc(-c2ccc(Oc3ccnc(NC(=S)N4CCCC4)c3)cn2)c1=O. The number of aromatic nitrogens is 4. The molecule has 0 unspecified atom stereocenters. The predicted octanol–water partition coefficient (Wildman–Crippen LogP) is 4.55. The van der Waals surface area contributed by atoms with E-state index in [2.05, 4.69) is 25.2 Å². The summed E-state index contributed by atoms with van der Waals surface area (Å²) in [6.07, 6.45) is 7.16. The molecule has 37 heavy (non-hydrogen) atoms. The Kier molecular flexibility index (Phi) is 7.18. The van der Waals surface area contributed by atoms with Crippen LogP contribution in [0.5, 0.6) is 11.5 Å². The molecule has 4 aromatic rings. The number of ether oxygens (including phenoxy) is 1. The molecule has 0 radical (unpaired) electrons. The summed E-state index contributed by atoms with van der Waals surface area (Å²) in [5.74, 6) is 1.81. The van der Waals surface area contributed by atoms with Crippen molar-refractivity contribution in [2.75, 3.05) is 18.4 Å². The first-order valence-corrected chi connectivity index (χ1v) is 12.3. The van der Waals surface area contributed by atoms with E-state index < -0.39 is 0 Å². The van der Waals surface area contributed by atoms with Crippen LogP contribution in [-0.4, -0.2) is 42.6 Å². The molecule has 0 saturated carbocycles. The highest BCUT2D eigenvalue weighted by Crippen LogP contribution is 2.24. The van der Waals surface area contributed by atoms with E-state index in [9.17, 15) is 9.18 Å². The third-order valence-electron chi connectivity index (χ3n) is 6.18. The second kappa shape index (κ2) is 10.8. The van der Waals surface area contributed by atoms with Gasteiger partial charge in [0, 0.05) is 45.0 Å². The summed E-state index contributed by atoms with van der Waals surface area (Å²) in [4.78, 5) is 28.2. The molecule has 4 heterocycles. The van der Waals surface area contributed by atoms with E-state index in [4.69, 9.17) is 17.0 Å². The maximum atomic E-state index is 14.0. The predicted molar refractivity (Wildman–Crippen MR) is 143 cm³/mol. The monoisotopic (exact) mass is 516 g/mol. The Balaban J connectivity index is 1.28. The van der Waals surface area contributed by atoms with Gasteiger partial charge in [-0.1, -0.05) is 18.2 Å². The molecule has 1 aliphatic rings. The van der Waals surface area contributed by atoms with Crippen LogP contribution in [0.1, 0.15) is 24.2 Å². The van der Waals surface area contributed by atoms with Crippen LogP contribution in [0.4, 0.5) is 10.2 Å². The molecular formula is C27H25FN6O2S. The lowest BCUT2D eigenvalue weighted by atomic mass is 10.1. The Morgan fingerprint density at radius 3 is 2.62 bits per heavy atom. The van der Waals surface area contributed by atoms with Gasteiger partial charge in [0.25, 0.3) is 5.56 Å². The topological polar surface area (TPSA) is 85.2 Å². The molecule has 1 saturated heterocycles. The fourth-order valence-electron chi connectivity index (χ4n) is 4.12. The lowest BCUT2D eigenvalue weighted by molar-refractivity contribution is 0.480. The molecule has 0 atom stereocenters. The molecule has 1 aromatic carbocycles. The number of hydrogen-bond acceptors (Lipinski definition) is 6. The molecule has 0 amide bonds. The van der Waals surface area contributed by atoms with Crippen molar-refractivity contribution < 1.29 is 9.13 Å².